The van der Waals surface area contributed by atoms with Crippen molar-refractivity contribution in [3.05, 3.63) is 59.3 Å². The largest absolute Gasteiger partial charge is 0.444 e. The standard InChI is InChI=1S/C23H28N2O3/c1-17-8-11-24-21(14-17)27-20-7-5-6-19(16-20)15-18-9-12-25(13-10-18)22(26)28-23(2,3)4/h5-8,11,14-16H,9-10,12-13H2,1-4H3. The highest BCUT2D eigenvalue weighted by atomic mass is 16.6. The van der Waals surface area contributed by atoms with Crippen LogP contribution in [-0.2, 0) is 4.74 Å². The molecule has 2 heterocycles. The lowest BCUT2D eigenvalue weighted by Crippen LogP contribution is -2.40. The number of piperidine rings is 1. The summed E-state index contributed by atoms with van der Waals surface area (Å²) >= 11 is 0. The van der Waals surface area contributed by atoms with Crippen LogP contribution in [0.5, 0.6) is 11.6 Å². The van der Waals surface area contributed by atoms with Crippen molar-refractivity contribution in [3.63, 3.8) is 0 Å². The van der Waals surface area contributed by atoms with Gasteiger partial charge in [-0.05, 0) is 69.9 Å². The number of rotatable bonds is 3. The first-order valence-electron chi connectivity index (χ1n) is 9.66. The molecule has 1 aliphatic rings. The van der Waals surface area contributed by atoms with E-state index in [1.54, 1.807) is 11.1 Å². The van der Waals surface area contributed by atoms with E-state index in [0.717, 1.165) is 29.7 Å². The predicted octanol–water partition coefficient (Wildman–Crippen LogP) is 5.60. The Balaban J connectivity index is 1.61. The average molecular weight is 380 g/mol. The Morgan fingerprint density at radius 3 is 2.57 bits per heavy atom. The second kappa shape index (κ2) is 8.46. The maximum atomic E-state index is 12.2. The third-order valence-corrected chi connectivity index (χ3v) is 4.40. The van der Waals surface area contributed by atoms with Gasteiger partial charge in [-0.15, -0.1) is 0 Å². The number of aromatic nitrogens is 1. The molecular weight excluding hydrogens is 352 g/mol. The van der Waals surface area contributed by atoms with E-state index in [1.807, 2.05) is 58.0 Å². The van der Waals surface area contributed by atoms with Crippen molar-refractivity contribution in [2.75, 3.05) is 13.1 Å². The molecule has 0 radical (unpaired) electrons. The summed E-state index contributed by atoms with van der Waals surface area (Å²) in [5.74, 6) is 1.36. The first-order chi connectivity index (χ1) is 13.3. The topological polar surface area (TPSA) is 51.7 Å². The van der Waals surface area contributed by atoms with Crippen molar-refractivity contribution in [3.8, 4) is 11.6 Å². The molecule has 1 aromatic carbocycles. The van der Waals surface area contributed by atoms with E-state index in [1.165, 1.54) is 5.57 Å². The Labute approximate surface area is 167 Å². The maximum absolute atomic E-state index is 12.2. The van der Waals surface area contributed by atoms with Crippen molar-refractivity contribution in [1.29, 1.82) is 0 Å². The van der Waals surface area contributed by atoms with E-state index in [9.17, 15) is 4.79 Å². The molecule has 148 valence electrons. The van der Waals surface area contributed by atoms with Gasteiger partial charge in [-0.1, -0.05) is 23.8 Å². The molecule has 0 saturated carbocycles. The molecule has 1 aliphatic heterocycles. The normalized spacial score (nSPS) is 14.6. The van der Waals surface area contributed by atoms with Crippen LogP contribution in [0.3, 0.4) is 0 Å². The van der Waals surface area contributed by atoms with Gasteiger partial charge in [0, 0.05) is 25.4 Å². The smallest absolute Gasteiger partial charge is 0.410 e. The van der Waals surface area contributed by atoms with E-state index in [0.29, 0.717) is 19.0 Å². The highest BCUT2D eigenvalue weighted by Crippen LogP contribution is 2.25. The molecule has 1 fully saturated rings. The van der Waals surface area contributed by atoms with Crippen LogP contribution in [0, 0.1) is 6.92 Å². The SMILES string of the molecule is Cc1ccnc(Oc2cccc(C=C3CCN(C(=O)OC(C)(C)C)CC3)c2)c1. The molecule has 1 amide bonds. The number of carbonyl (C=O) groups is 1. The van der Waals surface area contributed by atoms with Crippen molar-refractivity contribution in [1.82, 2.24) is 9.88 Å². The highest BCUT2D eigenvalue weighted by molar-refractivity contribution is 5.68. The van der Waals surface area contributed by atoms with Crippen molar-refractivity contribution in [2.45, 2.75) is 46.1 Å². The van der Waals surface area contributed by atoms with Gasteiger partial charge in [0.15, 0.2) is 0 Å². The third-order valence-electron chi connectivity index (χ3n) is 4.40. The molecule has 2 aromatic rings. The van der Waals surface area contributed by atoms with Gasteiger partial charge in [-0.3, -0.25) is 0 Å². The quantitative estimate of drug-likeness (QED) is 0.696. The van der Waals surface area contributed by atoms with Gasteiger partial charge in [0.2, 0.25) is 5.88 Å². The first-order valence-corrected chi connectivity index (χ1v) is 9.66. The number of hydrogen-bond donors (Lipinski definition) is 0. The second-order valence-electron chi connectivity index (χ2n) is 8.12. The fourth-order valence-electron chi connectivity index (χ4n) is 3.04. The zero-order valence-electron chi connectivity index (χ0n) is 17.1. The van der Waals surface area contributed by atoms with Gasteiger partial charge < -0.3 is 14.4 Å². The number of benzene rings is 1. The van der Waals surface area contributed by atoms with E-state index in [-0.39, 0.29) is 6.09 Å². The predicted molar refractivity (Wildman–Crippen MR) is 111 cm³/mol. The summed E-state index contributed by atoms with van der Waals surface area (Å²) in [7, 11) is 0. The Bertz CT molecular complexity index is 858. The zero-order valence-corrected chi connectivity index (χ0v) is 17.1. The van der Waals surface area contributed by atoms with Gasteiger partial charge in [0.25, 0.3) is 0 Å². The van der Waals surface area contributed by atoms with Crippen LogP contribution in [0.4, 0.5) is 4.79 Å². The number of nitrogens with zero attached hydrogens (tertiary/aromatic N) is 2. The molecule has 0 spiro atoms. The Kier molecular flexibility index (Phi) is 6.02. The molecule has 1 saturated heterocycles. The molecule has 0 unspecified atom stereocenters. The number of likely N-dealkylation sites (tertiary alicyclic amines) is 1. The van der Waals surface area contributed by atoms with E-state index < -0.39 is 5.60 Å². The summed E-state index contributed by atoms with van der Waals surface area (Å²) < 4.78 is 11.3. The van der Waals surface area contributed by atoms with Gasteiger partial charge >= 0.3 is 6.09 Å². The minimum atomic E-state index is -0.459. The average Bonchev–Trinajstić information content (AvgIpc) is 2.61. The summed E-state index contributed by atoms with van der Waals surface area (Å²) in [6.45, 7) is 9.05. The highest BCUT2D eigenvalue weighted by Gasteiger charge is 2.24. The Hall–Kier alpha value is -2.82. The Morgan fingerprint density at radius 2 is 1.89 bits per heavy atom. The monoisotopic (exact) mass is 380 g/mol. The van der Waals surface area contributed by atoms with E-state index in [4.69, 9.17) is 9.47 Å². The van der Waals surface area contributed by atoms with Crippen LogP contribution in [-0.4, -0.2) is 34.7 Å². The molecule has 3 rings (SSSR count). The lowest BCUT2D eigenvalue weighted by Gasteiger charge is -2.31. The molecule has 0 atom stereocenters. The molecule has 0 bridgehead atoms. The molecule has 1 aromatic heterocycles. The van der Waals surface area contributed by atoms with Crippen LogP contribution < -0.4 is 4.74 Å². The van der Waals surface area contributed by atoms with Crippen molar-refractivity contribution < 1.29 is 14.3 Å². The summed E-state index contributed by atoms with van der Waals surface area (Å²) in [6, 6.07) is 11.8. The van der Waals surface area contributed by atoms with E-state index in [2.05, 4.69) is 17.1 Å². The summed E-state index contributed by atoms with van der Waals surface area (Å²) in [6.07, 6.45) is 5.40. The molecule has 0 aliphatic carbocycles. The fraction of sp³-hybridized carbons (Fsp3) is 0.391. The number of amides is 1. The molecule has 5 nitrogen and oxygen atoms in total. The van der Waals surface area contributed by atoms with Crippen LogP contribution in [0.1, 0.15) is 44.7 Å². The Morgan fingerprint density at radius 1 is 1.14 bits per heavy atom. The second-order valence-corrected chi connectivity index (χ2v) is 8.12. The third kappa shape index (κ3) is 5.84. The summed E-state index contributed by atoms with van der Waals surface area (Å²) in [4.78, 5) is 18.2. The van der Waals surface area contributed by atoms with Gasteiger partial charge in [0.05, 0.1) is 0 Å². The number of pyridine rings is 1. The van der Waals surface area contributed by atoms with Crippen molar-refractivity contribution >= 4 is 12.2 Å². The first kappa shape index (κ1) is 19.9. The number of carbonyl (C=O) groups excluding carboxylic acids is 1. The molecular formula is C23H28N2O3. The van der Waals surface area contributed by atoms with Crippen LogP contribution in [0.2, 0.25) is 0 Å². The zero-order chi connectivity index (χ0) is 20.1. The number of ether oxygens (including phenoxy) is 2. The van der Waals surface area contributed by atoms with E-state index >= 15 is 0 Å². The molecule has 28 heavy (non-hydrogen) atoms. The van der Waals surface area contributed by atoms with Crippen LogP contribution in [0.15, 0.2) is 48.2 Å². The van der Waals surface area contributed by atoms with Crippen LogP contribution in [0.25, 0.3) is 6.08 Å². The molecule has 0 N–H and O–H groups in total. The van der Waals surface area contributed by atoms with Gasteiger partial charge in [0.1, 0.15) is 11.4 Å². The fourth-order valence-corrected chi connectivity index (χ4v) is 3.04. The van der Waals surface area contributed by atoms with Gasteiger partial charge in [-0.2, -0.15) is 0 Å². The van der Waals surface area contributed by atoms with Crippen molar-refractivity contribution in [2.24, 2.45) is 0 Å². The number of aryl methyl sites for hydroxylation is 1. The minimum absolute atomic E-state index is 0.229. The summed E-state index contributed by atoms with van der Waals surface area (Å²) in [5, 5.41) is 0. The minimum Gasteiger partial charge on any atom is -0.444 e. The lowest BCUT2D eigenvalue weighted by molar-refractivity contribution is 0.0237. The summed E-state index contributed by atoms with van der Waals surface area (Å²) in [5.41, 5.74) is 3.07. The van der Waals surface area contributed by atoms with Crippen LogP contribution >= 0.6 is 0 Å². The maximum Gasteiger partial charge on any atom is 0.410 e. The van der Waals surface area contributed by atoms with Gasteiger partial charge in [-0.25, -0.2) is 9.78 Å². The number of hydrogen-bond acceptors (Lipinski definition) is 4. The molecule has 5 heteroatoms. The lowest BCUT2D eigenvalue weighted by atomic mass is 10.0.